The lowest BCUT2D eigenvalue weighted by molar-refractivity contribution is -0.0681. The summed E-state index contributed by atoms with van der Waals surface area (Å²) in [6, 6.07) is 0.168. The molecule has 0 spiro atoms. The van der Waals surface area contributed by atoms with Gasteiger partial charge in [0.25, 0.3) is 5.91 Å². The highest BCUT2D eigenvalue weighted by Crippen LogP contribution is 2.32. The van der Waals surface area contributed by atoms with Gasteiger partial charge in [-0.2, -0.15) is 0 Å². The number of hydrogen-bond donors (Lipinski definition) is 1. The summed E-state index contributed by atoms with van der Waals surface area (Å²) in [5, 5.41) is 12.0. The number of aliphatic hydroxyl groups is 1. The third-order valence-electron chi connectivity index (χ3n) is 4.43. The van der Waals surface area contributed by atoms with E-state index in [4.69, 9.17) is 0 Å². The van der Waals surface area contributed by atoms with Crippen molar-refractivity contribution in [1.29, 1.82) is 0 Å². The van der Waals surface area contributed by atoms with Crippen molar-refractivity contribution in [1.82, 2.24) is 14.8 Å². The average molecular weight is 295 g/mol. The molecule has 2 heterocycles. The predicted molar refractivity (Wildman–Crippen MR) is 77.9 cm³/mol. The molecule has 0 bridgehead atoms. The minimum Gasteiger partial charge on any atom is -0.389 e. The number of thiazole rings is 1. The van der Waals surface area contributed by atoms with E-state index in [1.54, 1.807) is 10.9 Å². The van der Waals surface area contributed by atoms with Gasteiger partial charge < -0.3 is 10.0 Å². The summed E-state index contributed by atoms with van der Waals surface area (Å²) in [6.45, 7) is 5.20. The Labute approximate surface area is 123 Å². The fourth-order valence-corrected chi connectivity index (χ4v) is 3.63. The van der Waals surface area contributed by atoms with E-state index in [-0.39, 0.29) is 11.9 Å². The molecule has 20 heavy (non-hydrogen) atoms. The van der Waals surface area contributed by atoms with E-state index in [2.05, 4.69) is 16.8 Å². The van der Waals surface area contributed by atoms with Gasteiger partial charge in [0.05, 0.1) is 11.1 Å². The fourth-order valence-electron chi connectivity index (χ4n) is 3.10. The summed E-state index contributed by atoms with van der Waals surface area (Å²) in [6.07, 6.45) is 2.97. The highest BCUT2D eigenvalue weighted by molar-refractivity contribution is 7.07. The topological polar surface area (TPSA) is 56.7 Å². The van der Waals surface area contributed by atoms with E-state index >= 15 is 0 Å². The van der Waals surface area contributed by atoms with Gasteiger partial charge in [-0.05, 0) is 26.2 Å². The number of amides is 1. The van der Waals surface area contributed by atoms with Gasteiger partial charge in [0.15, 0.2) is 0 Å². The monoisotopic (exact) mass is 295 g/mol. The maximum absolute atomic E-state index is 12.3. The number of piperazine rings is 1. The van der Waals surface area contributed by atoms with Crippen molar-refractivity contribution in [2.24, 2.45) is 0 Å². The van der Waals surface area contributed by atoms with Gasteiger partial charge in [0.2, 0.25) is 0 Å². The lowest BCUT2D eigenvalue weighted by Gasteiger charge is -2.45. The molecule has 3 rings (SSSR count). The summed E-state index contributed by atoms with van der Waals surface area (Å²) < 4.78 is 0. The Morgan fingerprint density at radius 1 is 1.55 bits per heavy atom. The molecule has 1 aliphatic heterocycles. The van der Waals surface area contributed by atoms with E-state index in [1.807, 2.05) is 4.90 Å². The van der Waals surface area contributed by atoms with Crippen molar-refractivity contribution in [3.05, 3.63) is 16.6 Å². The molecule has 1 amide bonds. The van der Waals surface area contributed by atoms with Crippen molar-refractivity contribution in [3.63, 3.8) is 0 Å². The molecule has 6 heteroatoms. The van der Waals surface area contributed by atoms with Crippen LogP contribution in [0.5, 0.6) is 0 Å². The molecule has 2 fully saturated rings. The van der Waals surface area contributed by atoms with Crippen LogP contribution in [0.2, 0.25) is 0 Å². The van der Waals surface area contributed by atoms with E-state index in [0.717, 1.165) is 38.9 Å². The van der Waals surface area contributed by atoms with Crippen molar-refractivity contribution in [3.8, 4) is 0 Å². The minimum absolute atomic E-state index is 0.0285. The lowest BCUT2D eigenvalue weighted by Crippen LogP contribution is -2.58. The molecule has 2 aliphatic rings. The van der Waals surface area contributed by atoms with Crippen LogP contribution in [0, 0.1) is 0 Å². The molecule has 0 radical (unpaired) electrons. The van der Waals surface area contributed by atoms with Crippen molar-refractivity contribution < 1.29 is 9.90 Å². The molecule has 1 saturated carbocycles. The Morgan fingerprint density at radius 3 is 2.90 bits per heavy atom. The Kier molecular flexibility index (Phi) is 3.79. The maximum Gasteiger partial charge on any atom is 0.273 e. The molecule has 1 aromatic rings. The predicted octanol–water partition coefficient (Wildman–Crippen LogP) is 1.20. The Bertz CT molecular complexity index is 473. The third kappa shape index (κ3) is 2.73. The normalized spacial score (nSPS) is 26.3. The molecular formula is C14H21N3O2S. The van der Waals surface area contributed by atoms with Crippen LogP contribution in [0.15, 0.2) is 10.9 Å². The van der Waals surface area contributed by atoms with E-state index in [1.165, 1.54) is 11.3 Å². The Hall–Kier alpha value is -0.980. The second-order valence-corrected chi connectivity index (χ2v) is 6.75. The summed E-state index contributed by atoms with van der Waals surface area (Å²) in [7, 11) is 0. The van der Waals surface area contributed by atoms with Crippen LogP contribution in [-0.2, 0) is 0 Å². The highest BCUT2D eigenvalue weighted by Gasteiger charge is 2.38. The van der Waals surface area contributed by atoms with Crippen LogP contribution in [0.25, 0.3) is 0 Å². The van der Waals surface area contributed by atoms with Gasteiger partial charge in [0.1, 0.15) is 5.69 Å². The van der Waals surface area contributed by atoms with Gasteiger partial charge in [-0.3, -0.25) is 9.69 Å². The zero-order valence-electron chi connectivity index (χ0n) is 11.8. The largest absolute Gasteiger partial charge is 0.389 e. The molecule has 1 aromatic heterocycles. The zero-order chi connectivity index (χ0) is 14.2. The van der Waals surface area contributed by atoms with Crippen LogP contribution >= 0.6 is 11.3 Å². The minimum atomic E-state index is -0.471. The van der Waals surface area contributed by atoms with Crippen LogP contribution in [0.1, 0.15) is 36.7 Å². The molecule has 0 aromatic carbocycles. The Balaban J connectivity index is 1.58. The van der Waals surface area contributed by atoms with E-state index < -0.39 is 5.60 Å². The SMILES string of the molecule is C[C@H]1CN(CC2(O)CCC2)CCN1C(=O)c1cscn1. The maximum atomic E-state index is 12.3. The second kappa shape index (κ2) is 5.42. The number of carbonyl (C=O) groups is 1. The van der Waals surface area contributed by atoms with Gasteiger partial charge in [-0.15, -0.1) is 11.3 Å². The quantitative estimate of drug-likeness (QED) is 0.910. The van der Waals surface area contributed by atoms with E-state index in [9.17, 15) is 9.90 Å². The molecule has 0 unspecified atom stereocenters. The molecule has 1 N–H and O–H groups in total. The van der Waals surface area contributed by atoms with Crippen LogP contribution in [-0.4, -0.2) is 63.6 Å². The zero-order valence-corrected chi connectivity index (χ0v) is 12.6. The number of hydrogen-bond acceptors (Lipinski definition) is 5. The third-order valence-corrected chi connectivity index (χ3v) is 5.01. The molecule has 1 saturated heterocycles. The first-order valence-electron chi connectivity index (χ1n) is 7.21. The smallest absolute Gasteiger partial charge is 0.273 e. The fraction of sp³-hybridized carbons (Fsp3) is 0.714. The number of carbonyl (C=O) groups excluding carboxylic acids is 1. The second-order valence-electron chi connectivity index (χ2n) is 6.03. The molecule has 110 valence electrons. The van der Waals surface area contributed by atoms with Crippen molar-refractivity contribution >= 4 is 17.2 Å². The van der Waals surface area contributed by atoms with Gasteiger partial charge in [0, 0.05) is 37.6 Å². The number of aromatic nitrogens is 1. The van der Waals surface area contributed by atoms with Crippen LogP contribution in [0.4, 0.5) is 0 Å². The van der Waals surface area contributed by atoms with Gasteiger partial charge in [-0.25, -0.2) is 4.98 Å². The van der Waals surface area contributed by atoms with Crippen LogP contribution < -0.4 is 0 Å². The van der Waals surface area contributed by atoms with Crippen molar-refractivity contribution in [2.75, 3.05) is 26.2 Å². The molecule has 5 nitrogen and oxygen atoms in total. The first-order chi connectivity index (χ1) is 9.57. The summed E-state index contributed by atoms with van der Waals surface area (Å²) in [5.41, 5.74) is 1.77. The number of β-amino-alcohol motifs (C(OH)–C–C–N with tert-alkyl or cyclic N) is 1. The Morgan fingerprint density at radius 2 is 2.35 bits per heavy atom. The first-order valence-corrected chi connectivity index (χ1v) is 8.16. The molecule has 1 aliphatic carbocycles. The van der Waals surface area contributed by atoms with Crippen molar-refractivity contribution in [2.45, 2.75) is 37.8 Å². The summed E-state index contributed by atoms with van der Waals surface area (Å²) in [4.78, 5) is 20.6. The average Bonchev–Trinajstić information content (AvgIpc) is 2.90. The summed E-state index contributed by atoms with van der Waals surface area (Å²) >= 11 is 1.45. The van der Waals surface area contributed by atoms with Gasteiger partial charge >= 0.3 is 0 Å². The highest BCUT2D eigenvalue weighted by atomic mass is 32.1. The van der Waals surface area contributed by atoms with Gasteiger partial charge in [-0.1, -0.05) is 0 Å². The first kappa shape index (κ1) is 14.0. The molecular weight excluding hydrogens is 274 g/mol. The number of nitrogens with zero attached hydrogens (tertiary/aromatic N) is 3. The van der Waals surface area contributed by atoms with Crippen LogP contribution in [0.3, 0.4) is 0 Å². The molecule has 1 atom stereocenters. The lowest BCUT2D eigenvalue weighted by atomic mass is 9.80. The van der Waals surface area contributed by atoms with E-state index in [0.29, 0.717) is 12.2 Å². The standard InChI is InChI=1S/C14H21N3O2S/c1-11-7-16(9-14(19)3-2-4-14)5-6-17(11)13(18)12-8-20-10-15-12/h8,10-11,19H,2-7,9H2,1H3/t11-/m0/s1. The number of rotatable bonds is 3. The summed E-state index contributed by atoms with van der Waals surface area (Å²) in [5.74, 6) is 0.0285.